The van der Waals surface area contributed by atoms with E-state index in [1.54, 1.807) is 23.2 Å². The van der Waals surface area contributed by atoms with Gasteiger partial charge in [0.2, 0.25) is 11.8 Å². The Balaban J connectivity index is 1.53. The van der Waals surface area contributed by atoms with Crippen LogP contribution in [-0.2, 0) is 4.79 Å². The molecule has 0 saturated carbocycles. The number of pyridine rings is 1. The number of carbonyl (C=O) groups is 2. The van der Waals surface area contributed by atoms with Crippen LogP contribution < -0.4 is 10.1 Å². The summed E-state index contributed by atoms with van der Waals surface area (Å²) >= 11 is 0. The monoisotopic (exact) mass is 382 g/mol. The third-order valence-corrected chi connectivity index (χ3v) is 5.10. The number of hydrogen-bond donors (Lipinski definition) is 1. The van der Waals surface area contributed by atoms with Gasteiger partial charge in [-0.3, -0.25) is 14.5 Å². The Kier molecular flexibility index (Phi) is 6.26. The Bertz CT molecular complexity index is 860. The van der Waals surface area contributed by atoms with Gasteiger partial charge in [0.15, 0.2) is 0 Å². The fraction of sp³-hybridized carbons (Fsp3) is 0.381. The first-order valence-electron chi connectivity index (χ1n) is 9.36. The highest BCUT2D eigenvalue weighted by Gasteiger charge is 2.25. The van der Waals surface area contributed by atoms with Gasteiger partial charge in [-0.2, -0.15) is 0 Å². The third kappa shape index (κ3) is 4.48. The number of aryl methyl sites for hydroxylation is 1. The zero-order chi connectivity index (χ0) is 20.1. The van der Waals surface area contributed by atoms with E-state index in [2.05, 4.69) is 15.2 Å². The molecule has 0 unspecified atom stereocenters. The molecular formula is C21H26N4O3. The van der Waals surface area contributed by atoms with Crippen molar-refractivity contribution in [2.24, 2.45) is 0 Å². The number of nitrogens with one attached hydrogen (secondary N) is 1. The summed E-state index contributed by atoms with van der Waals surface area (Å²) in [6.07, 6.45) is 1.60. The van der Waals surface area contributed by atoms with E-state index in [0.717, 1.165) is 16.8 Å². The molecule has 1 N–H and O–H groups in total. The van der Waals surface area contributed by atoms with E-state index in [0.29, 0.717) is 44.2 Å². The Morgan fingerprint density at radius 2 is 1.86 bits per heavy atom. The van der Waals surface area contributed by atoms with Gasteiger partial charge in [-0.25, -0.2) is 4.98 Å². The van der Waals surface area contributed by atoms with Crippen molar-refractivity contribution in [2.45, 2.75) is 13.8 Å². The Labute approximate surface area is 165 Å². The van der Waals surface area contributed by atoms with Crippen LogP contribution in [0.1, 0.15) is 21.5 Å². The van der Waals surface area contributed by atoms with Gasteiger partial charge in [-0.05, 0) is 43.2 Å². The summed E-state index contributed by atoms with van der Waals surface area (Å²) in [4.78, 5) is 33.1. The fourth-order valence-corrected chi connectivity index (χ4v) is 3.27. The van der Waals surface area contributed by atoms with Crippen LogP contribution >= 0.6 is 0 Å². The van der Waals surface area contributed by atoms with Gasteiger partial charge in [0, 0.05) is 38.1 Å². The molecule has 7 heteroatoms. The van der Waals surface area contributed by atoms with E-state index in [1.807, 2.05) is 32.0 Å². The Morgan fingerprint density at radius 3 is 2.57 bits per heavy atom. The first kappa shape index (κ1) is 19.8. The summed E-state index contributed by atoms with van der Waals surface area (Å²) in [6, 6.07) is 9.33. The van der Waals surface area contributed by atoms with Crippen LogP contribution in [0.3, 0.4) is 0 Å². The molecule has 1 saturated heterocycles. The lowest BCUT2D eigenvalue weighted by molar-refractivity contribution is -0.117. The van der Waals surface area contributed by atoms with E-state index in [1.165, 1.54) is 7.11 Å². The number of methoxy groups -OCH3 is 1. The highest BCUT2D eigenvalue weighted by Crippen LogP contribution is 2.19. The minimum absolute atomic E-state index is 0.0394. The first-order valence-corrected chi connectivity index (χ1v) is 9.36. The van der Waals surface area contributed by atoms with Crippen LogP contribution in [0.25, 0.3) is 0 Å². The smallest absolute Gasteiger partial charge is 0.259 e. The molecule has 1 aliphatic rings. The number of rotatable bonds is 5. The summed E-state index contributed by atoms with van der Waals surface area (Å²) in [5.74, 6) is 0.203. The molecule has 2 amide bonds. The van der Waals surface area contributed by atoms with Gasteiger partial charge in [0.05, 0.1) is 13.7 Å². The van der Waals surface area contributed by atoms with Gasteiger partial charge in [0.25, 0.3) is 5.91 Å². The minimum atomic E-state index is -0.0931. The molecule has 0 spiro atoms. The predicted molar refractivity (Wildman–Crippen MR) is 108 cm³/mol. The van der Waals surface area contributed by atoms with E-state index in [9.17, 15) is 9.59 Å². The number of ether oxygens (including phenoxy) is 1. The van der Waals surface area contributed by atoms with E-state index >= 15 is 0 Å². The second-order valence-corrected chi connectivity index (χ2v) is 6.92. The van der Waals surface area contributed by atoms with E-state index in [4.69, 9.17) is 4.74 Å². The maximum Gasteiger partial charge on any atom is 0.259 e. The molecular weight excluding hydrogens is 356 g/mol. The largest absolute Gasteiger partial charge is 0.480 e. The average molecular weight is 382 g/mol. The lowest BCUT2D eigenvalue weighted by Gasteiger charge is -2.34. The van der Waals surface area contributed by atoms with Gasteiger partial charge in [-0.15, -0.1) is 0 Å². The van der Waals surface area contributed by atoms with Crippen molar-refractivity contribution in [3.63, 3.8) is 0 Å². The molecule has 148 valence electrons. The minimum Gasteiger partial charge on any atom is -0.480 e. The number of benzene rings is 1. The summed E-state index contributed by atoms with van der Waals surface area (Å²) in [6.45, 7) is 6.76. The zero-order valence-electron chi connectivity index (χ0n) is 16.6. The average Bonchev–Trinajstić information content (AvgIpc) is 2.71. The molecule has 0 bridgehead atoms. The van der Waals surface area contributed by atoms with E-state index < -0.39 is 0 Å². The fourth-order valence-electron chi connectivity index (χ4n) is 3.27. The quantitative estimate of drug-likeness (QED) is 0.857. The molecule has 1 aromatic heterocycles. The maximum atomic E-state index is 12.7. The molecule has 1 aromatic carbocycles. The lowest BCUT2D eigenvalue weighted by atomic mass is 10.1. The summed E-state index contributed by atoms with van der Waals surface area (Å²) in [7, 11) is 1.51. The van der Waals surface area contributed by atoms with Crippen LogP contribution in [0.4, 0.5) is 5.69 Å². The van der Waals surface area contributed by atoms with Crippen molar-refractivity contribution < 1.29 is 14.3 Å². The first-order chi connectivity index (χ1) is 13.5. The topological polar surface area (TPSA) is 74.8 Å². The standard InChI is InChI=1S/C21H26N4O3/c1-15-6-4-8-18(16(15)2)23-19(26)14-24-10-12-25(13-11-24)21(27)17-7-5-9-22-20(17)28-3/h4-9H,10-14H2,1-3H3,(H,23,26). The normalized spacial score (nSPS) is 14.6. The van der Waals surface area contributed by atoms with Gasteiger partial charge in [0.1, 0.15) is 5.56 Å². The molecule has 0 atom stereocenters. The zero-order valence-corrected chi connectivity index (χ0v) is 16.6. The van der Waals surface area contributed by atoms with Gasteiger partial charge >= 0.3 is 0 Å². The Hall–Kier alpha value is -2.93. The molecule has 0 radical (unpaired) electrons. The summed E-state index contributed by atoms with van der Waals surface area (Å²) in [5, 5.41) is 2.99. The number of piperazine rings is 1. The van der Waals surface area contributed by atoms with Crippen molar-refractivity contribution >= 4 is 17.5 Å². The second-order valence-electron chi connectivity index (χ2n) is 6.92. The number of carbonyl (C=O) groups excluding carboxylic acids is 2. The maximum absolute atomic E-state index is 12.7. The SMILES string of the molecule is COc1ncccc1C(=O)N1CCN(CC(=O)Nc2cccc(C)c2C)CC1. The van der Waals surface area contributed by atoms with Crippen molar-refractivity contribution in [3.05, 3.63) is 53.2 Å². The van der Waals surface area contributed by atoms with Crippen molar-refractivity contribution in [2.75, 3.05) is 45.2 Å². The molecule has 28 heavy (non-hydrogen) atoms. The van der Waals surface area contributed by atoms with Crippen molar-refractivity contribution in [1.82, 2.24) is 14.8 Å². The number of hydrogen-bond acceptors (Lipinski definition) is 5. The highest BCUT2D eigenvalue weighted by atomic mass is 16.5. The molecule has 1 fully saturated rings. The highest BCUT2D eigenvalue weighted by molar-refractivity contribution is 5.96. The molecule has 7 nitrogen and oxygen atoms in total. The van der Waals surface area contributed by atoms with Crippen molar-refractivity contribution in [3.8, 4) is 5.88 Å². The van der Waals surface area contributed by atoms with Crippen molar-refractivity contribution in [1.29, 1.82) is 0 Å². The number of anilines is 1. The lowest BCUT2D eigenvalue weighted by Crippen LogP contribution is -2.50. The molecule has 3 rings (SSSR count). The van der Waals surface area contributed by atoms with Crippen LogP contribution in [0.2, 0.25) is 0 Å². The van der Waals surface area contributed by atoms with Crippen LogP contribution in [-0.4, -0.2) is 66.4 Å². The Morgan fingerprint density at radius 1 is 1.11 bits per heavy atom. The van der Waals surface area contributed by atoms with Crippen LogP contribution in [0.15, 0.2) is 36.5 Å². The van der Waals surface area contributed by atoms with Crippen LogP contribution in [0, 0.1) is 13.8 Å². The number of nitrogens with zero attached hydrogens (tertiary/aromatic N) is 3. The number of aromatic nitrogens is 1. The molecule has 0 aliphatic carbocycles. The van der Waals surface area contributed by atoms with Gasteiger partial charge < -0.3 is 15.0 Å². The molecule has 1 aliphatic heterocycles. The molecule has 2 aromatic rings. The third-order valence-electron chi connectivity index (χ3n) is 5.10. The molecule has 2 heterocycles. The second kappa shape index (κ2) is 8.84. The predicted octanol–water partition coefficient (Wildman–Crippen LogP) is 2.10. The van der Waals surface area contributed by atoms with Crippen LogP contribution in [0.5, 0.6) is 5.88 Å². The number of amides is 2. The summed E-state index contributed by atoms with van der Waals surface area (Å²) in [5.41, 5.74) is 3.54. The summed E-state index contributed by atoms with van der Waals surface area (Å²) < 4.78 is 5.18. The van der Waals surface area contributed by atoms with E-state index in [-0.39, 0.29) is 11.8 Å². The van der Waals surface area contributed by atoms with Gasteiger partial charge in [-0.1, -0.05) is 12.1 Å².